The minimum Gasteiger partial charge on any atom is -0.498 e. The molecule has 0 spiro atoms. The number of allylic oxidation sites excluding steroid dienone is 1. The molecule has 2 rings (SSSR count). The quantitative estimate of drug-likeness (QED) is 0.664. The maximum atomic E-state index is 12.6. The first kappa shape index (κ1) is 15.4. The molecular weight excluding hydrogens is 328 g/mol. The van der Waals surface area contributed by atoms with Crippen LogP contribution < -0.4 is 0 Å². The summed E-state index contributed by atoms with van der Waals surface area (Å²) in [4.78, 5) is 4.36. The van der Waals surface area contributed by atoms with Crippen molar-refractivity contribution >= 4 is 15.9 Å². The molecule has 1 aliphatic carbocycles. The fourth-order valence-electron chi connectivity index (χ4n) is 2.45. The molecule has 0 aliphatic heterocycles. The highest BCUT2D eigenvalue weighted by atomic mass is 79.9. The first-order valence-corrected chi connectivity index (χ1v) is 7.53. The van der Waals surface area contributed by atoms with Gasteiger partial charge in [0.2, 0.25) is 6.43 Å². The second-order valence-electron chi connectivity index (χ2n) is 5.08. The van der Waals surface area contributed by atoms with Crippen LogP contribution in [-0.2, 0) is 4.74 Å². The lowest BCUT2D eigenvalue weighted by atomic mass is 9.95. The fraction of sp³-hybridized carbons (Fsp3) is 0.533. The molecule has 0 saturated heterocycles. The predicted octanol–water partition coefficient (Wildman–Crippen LogP) is 4.77. The highest BCUT2D eigenvalue weighted by Gasteiger charge is 2.45. The third-order valence-corrected chi connectivity index (χ3v) is 4.13. The summed E-state index contributed by atoms with van der Waals surface area (Å²) in [7, 11) is 0. The monoisotopic (exact) mass is 345 g/mol. The Morgan fingerprint density at radius 1 is 1.55 bits per heavy atom. The van der Waals surface area contributed by atoms with Crippen LogP contribution in [0.3, 0.4) is 0 Å². The van der Waals surface area contributed by atoms with Gasteiger partial charge in [0.15, 0.2) is 0 Å². The van der Waals surface area contributed by atoms with Crippen LogP contribution in [-0.4, -0.2) is 18.0 Å². The summed E-state index contributed by atoms with van der Waals surface area (Å²) in [6.45, 7) is 6.34. The molecule has 110 valence electrons. The Kier molecular flexibility index (Phi) is 5.13. The molecule has 1 saturated carbocycles. The van der Waals surface area contributed by atoms with Gasteiger partial charge in [0, 0.05) is 16.6 Å². The lowest BCUT2D eigenvalue weighted by Crippen LogP contribution is -2.09. The van der Waals surface area contributed by atoms with E-state index in [1.807, 2.05) is 19.1 Å². The molecule has 20 heavy (non-hydrogen) atoms. The van der Waals surface area contributed by atoms with Gasteiger partial charge in [0.05, 0.1) is 24.0 Å². The second kappa shape index (κ2) is 6.66. The minimum atomic E-state index is -2.22. The van der Waals surface area contributed by atoms with Gasteiger partial charge in [-0.1, -0.05) is 6.58 Å². The molecule has 5 heteroatoms. The number of rotatable bonds is 7. The van der Waals surface area contributed by atoms with Crippen molar-refractivity contribution < 1.29 is 13.5 Å². The number of pyridine rings is 1. The standard InChI is InChI=1S/C15H18BrF2NO/c1-3-20-9(2)12(6-10-7-13(10)15(17)18)14-5-4-11(16)8-19-14/h4-5,8,10,12-13,15H,2-3,6-7H2,1H3. The van der Waals surface area contributed by atoms with Crippen LogP contribution in [0.4, 0.5) is 8.78 Å². The number of alkyl halides is 2. The van der Waals surface area contributed by atoms with E-state index in [-0.39, 0.29) is 11.8 Å². The summed E-state index contributed by atoms with van der Waals surface area (Å²) in [5.74, 6) is 0.0732. The lowest BCUT2D eigenvalue weighted by Gasteiger charge is -2.19. The second-order valence-corrected chi connectivity index (χ2v) is 6.00. The normalized spacial score (nSPS) is 22.6. The summed E-state index contributed by atoms with van der Waals surface area (Å²) in [6, 6.07) is 3.78. The van der Waals surface area contributed by atoms with Gasteiger partial charge in [-0.2, -0.15) is 0 Å². The van der Waals surface area contributed by atoms with Crippen molar-refractivity contribution in [3.8, 4) is 0 Å². The Balaban J connectivity index is 2.09. The number of nitrogens with zero attached hydrogens (tertiary/aromatic N) is 1. The first-order valence-electron chi connectivity index (χ1n) is 6.74. The Morgan fingerprint density at radius 2 is 2.30 bits per heavy atom. The number of aromatic nitrogens is 1. The SMILES string of the molecule is C=C(OCC)C(CC1CC1C(F)F)c1ccc(Br)cn1. The van der Waals surface area contributed by atoms with Crippen molar-refractivity contribution in [1.29, 1.82) is 0 Å². The Bertz CT molecular complexity index is 463. The predicted molar refractivity (Wildman–Crippen MR) is 77.7 cm³/mol. The number of hydrogen-bond acceptors (Lipinski definition) is 2. The van der Waals surface area contributed by atoms with E-state index in [2.05, 4.69) is 27.5 Å². The summed E-state index contributed by atoms with van der Waals surface area (Å²) >= 11 is 3.34. The van der Waals surface area contributed by atoms with E-state index in [4.69, 9.17) is 4.74 Å². The molecule has 0 amide bonds. The lowest BCUT2D eigenvalue weighted by molar-refractivity contribution is 0.114. The van der Waals surface area contributed by atoms with Gasteiger partial charge in [0.25, 0.3) is 0 Å². The molecule has 1 heterocycles. The molecule has 1 aromatic rings. The van der Waals surface area contributed by atoms with Gasteiger partial charge in [-0.3, -0.25) is 4.98 Å². The minimum absolute atomic E-state index is 0.0441. The molecule has 1 aromatic heterocycles. The van der Waals surface area contributed by atoms with Crippen molar-refractivity contribution in [3.63, 3.8) is 0 Å². The van der Waals surface area contributed by atoms with E-state index >= 15 is 0 Å². The van der Waals surface area contributed by atoms with E-state index in [0.717, 1.165) is 10.2 Å². The number of hydrogen-bond donors (Lipinski definition) is 0. The number of ether oxygens (including phenoxy) is 1. The molecule has 0 radical (unpaired) electrons. The number of halogens is 3. The summed E-state index contributed by atoms with van der Waals surface area (Å²) in [5.41, 5.74) is 0.826. The molecule has 0 N–H and O–H groups in total. The Labute approximate surface area is 126 Å². The molecule has 2 nitrogen and oxygen atoms in total. The van der Waals surface area contributed by atoms with Crippen molar-refractivity contribution in [3.05, 3.63) is 40.8 Å². The van der Waals surface area contributed by atoms with E-state index < -0.39 is 12.3 Å². The van der Waals surface area contributed by atoms with Gasteiger partial charge in [-0.15, -0.1) is 0 Å². The average Bonchev–Trinajstić information content (AvgIpc) is 3.17. The van der Waals surface area contributed by atoms with Gasteiger partial charge in [-0.05, 0) is 53.7 Å². The first-order chi connectivity index (χ1) is 9.52. The van der Waals surface area contributed by atoms with E-state index in [9.17, 15) is 8.78 Å². The van der Waals surface area contributed by atoms with Crippen LogP contribution >= 0.6 is 15.9 Å². The van der Waals surface area contributed by atoms with Crippen molar-refractivity contribution in [2.45, 2.75) is 32.1 Å². The third-order valence-electron chi connectivity index (χ3n) is 3.67. The molecule has 3 atom stereocenters. The van der Waals surface area contributed by atoms with Gasteiger partial charge in [0.1, 0.15) is 0 Å². The summed E-state index contributed by atoms with van der Waals surface area (Å²) in [6.07, 6.45) is 0.699. The Hall–Kier alpha value is -0.970. The van der Waals surface area contributed by atoms with E-state index in [1.54, 1.807) is 6.20 Å². The maximum absolute atomic E-state index is 12.6. The molecule has 1 fully saturated rings. The zero-order valence-corrected chi connectivity index (χ0v) is 12.9. The van der Waals surface area contributed by atoms with Crippen LogP contribution in [0.15, 0.2) is 35.1 Å². The van der Waals surface area contributed by atoms with E-state index in [0.29, 0.717) is 25.2 Å². The topological polar surface area (TPSA) is 22.1 Å². The van der Waals surface area contributed by atoms with Gasteiger partial charge >= 0.3 is 0 Å². The van der Waals surface area contributed by atoms with Crippen LogP contribution in [0.5, 0.6) is 0 Å². The van der Waals surface area contributed by atoms with Crippen LogP contribution in [0.25, 0.3) is 0 Å². The molecule has 0 aromatic carbocycles. The smallest absolute Gasteiger partial charge is 0.241 e. The molecule has 0 bridgehead atoms. The average molecular weight is 346 g/mol. The van der Waals surface area contributed by atoms with Crippen molar-refractivity contribution in [2.24, 2.45) is 11.8 Å². The summed E-state index contributed by atoms with van der Waals surface area (Å²) in [5, 5.41) is 0. The maximum Gasteiger partial charge on any atom is 0.241 e. The zero-order chi connectivity index (χ0) is 14.7. The Morgan fingerprint density at radius 3 is 2.80 bits per heavy atom. The molecule has 1 aliphatic rings. The van der Waals surface area contributed by atoms with Gasteiger partial charge in [-0.25, -0.2) is 8.78 Å². The van der Waals surface area contributed by atoms with E-state index in [1.165, 1.54) is 0 Å². The highest BCUT2D eigenvalue weighted by Crippen LogP contribution is 2.49. The molecular formula is C15H18BrF2NO. The summed E-state index contributed by atoms with van der Waals surface area (Å²) < 4.78 is 31.7. The fourth-order valence-corrected chi connectivity index (χ4v) is 2.68. The van der Waals surface area contributed by atoms with Crippen molar-refractivity contribution in [1.82, 2.24) is 4.98 Å². The van der Waals surface area contributed by atoms with Crippen LogP contribution in [0.1, 0.15) is 31.4 Å². The molecule has 3 unspecified atom stereocenters. The van der Waals surface area contributed by atoms with Gasteiger partial charge < -0.3 is 4.74 Å². The highest BCUT2D eigenvalue weighted by molar-refractivity contribution is 9.10. The largest absolute Gasteiger partial charge is 0.498 e. The van der Waals surface area contributed by atoms with Crippen LogP contribution in [0, 0.1) is 11.8 Å². The van der Waals surface area contributed by atoms with Crippen molar-refractivity contribution in [2.75, 3.05) is 6.61 Å². The third kappa shape index (κ3) is 3.78. The van der Waals surface area contributed by atoms with Crippen LogP contribution in [0.2, 0.25) is 0 Å². The zero-order valence-electron chi connectivity index (χ0n) is 11.4.